The molecule has 0 radical (unpaired) electrons. The van der Waals surface area contributed by atoms with Gasteiger partial charge in [0.25, 0.3) is 16.0 Å². The second kappa shape index (κ2) is 8.60. The molecule has 2 saturated heterocycles. The van der Waals surface area contributed by atoms with Gasteiger partial charge in [-0.3, -0.25) is 8.98 Å². The van der Waals surface area contributed by atoms with E-state index in [0.29, 0.717) is 24.1 Å². The van der Waals surface area contributed by atoms with E-state index in [2.05, 4.69) is 13.8 Å². The average molecular weight is 438 g/mol. The lowest BCUT2D eigenvalue weighted by molar-refractivity contribution is -0.135. The number of hydrogen-bond donors (Lipinski definition) is 1. The van der Waals surface area contributed by atoms with E-state index in [4.69, 9.17) is 4.18 Å². The van der Waals surface area contributed by atoms with Crippen LogP contribution in [0.15, 0.2) is 17.0 Å². The molecule has 1 N–H and O–H groups in total. The Labute approximate surface area is 180 Å². The highest BCUT2D eigenvalue weighted by molar-refractivity contribution is 7.87. The lowest BCUT2D eigenvalue weighted by Gasteiger charge is -2.30. The highest BCUT2D eigenvalue weighted by Crippen LogP contribution is 2.38. The number of rotatable bonds is 6. The molecule has 0 aromatic heterocycles. The SMILES string of the molecule is CC(C)c1cc(C(C)C)c(S(=O)(=O)O[C@@H]2C(=O)N3CCCC[C@H]3[C@@H]2O)c(C(C)C)c1. The van der Waals surface area contributed by atoms with Crippen molar-refractivity contribution >= 4 is 16.0 Å². The maximum Gasteiger partial charge on any atom is 0.298 e. The van der Waals surface area contributed by atoms with Crippen molar-refractivity contribution in [3.63, 3.8) is 0 Å². The number of carbonyl (C=O) groups excluding carboxylic acids is 1. The number of hydrogen-bond acceptors (Lipinski definition) is 5. The van der Waals surface area contributed by atoms with Gasteiger partial charge in [-0.05, 0) is 53.7 Å². The van der Waals surface area contributed by atoms with Crippen LogP contribution < -0.4 is 0 Å². The van der Waals surface area contributed by atoms with Crippen LogP contribution >= 0.6 is 0 Å². The van der Waals surface area contributed by atoms with Crippen molar-refractivity contribution < 1.29 is 22.5 Å². The third kappa shape index (κ3) is 4.16. The zero-order valence-electron chi connectivity index (χ0n) is 18.9. The van der Waals surface area contributed by atoms with E-state index < -0.39 is 28.2 Å². The Morgan fingerprint density at radius 2 is 1.57 bits per heavy atom. The van der Waals surface area contributed by atoms with Crippen LogP contribution in [-0.4, -0.2) is 49.1 Å². The van der Waals surface area contributed by atoms with Gasteiger partial charge in [0.15, 0.2) is 6.10 Å². The van der Waals surface area contributed by atoms with Crippen LogP contribution in [0.2, 0.25) is 0 Å². The van der Waals surface area contributed by atoms with E-state index in [1.54, 1.807) is 4.90 Å². The van der Waals surface area contributed by atoms with Gasteiger partial charge >= 0.3 is 0 Å². The van der Waals surface area contributed by atoms with Gasteiger partial charge in [-0.1, -0.05) is 53.7 Å². The van der Waals surface area contributed by atoms with Crippen LogP contribution in [0.4, 0.5) is 0 Å². The molecule has 1 aromatic carbocycles. The van der Waals surface area contributed by atoms with Gasteiger partial charge in [0.05, 0.1) is 6.04 Å². The van der Waals surface area contributed by atoms with Gasteiger partial charge in [-0.2, -0.15) is 8.42 Å². The fourth-order valence-electron chi connectivity index (χ4n) is 4.56. The Balaban J connectivity index is 2.06. The summed E-state index contributed by atoms with van der Waals surface area (Å²) < 4.78 is 32.5. The minimum absolute atomic E-state index is 0.0369. The van der Waals surface area contributed by atoms with Gasteiger partial charge in [-0.25, -0.2) is 0 Å². The summed E-state index contributed by atoms with van der Waals surface area (Å²) in [7, 11) is -4.25. The Morgan fingerprint density at radius 3 is 2.03 bits per heavy atom. The van der Waals surface area contributed by atoms with E-state index in [9.17, 15) is 18.3 Å². The summed E-state index contributed by atoms with van der Waals surface area (Å²) in [5.41, 5.74) is 2.47. The molecule has 30 heavy (non-hydrogen) atoms. The van der Waals surface area contributed by atoms with Crippen LogP contribution in [0.3, 0.4) is 0 Å². The molecule has 0 aliphatic carbocycles. The van der Waals surface area contributed by atoms with Gasteiger partial charge in [0.2, 0.25) is 0 Å². The minimum atomic E-state index is -4.25. The van der Waals surface area contributed by atoms with E-state index in [1.807, 2.05) is 39.8 Å². The highest BCUT2D eigenvalue weighted by atomic mass is 32.2. The highest BCUT2D eigenvalue weighted by Gasteiger charge is 2.51. The number of fused-ring (bicyclic) bond motifs is 1. The molecule has 2 heterocycles. The van der Waals surface area contributed by atoms with Crippen molar-refractivity contribution in [2.45, 2.75) is 102 Å². The van der Waals surface area contributed by atoms with Crippen molar-refractivity contribution in [1.29, 1.82) is 0 Å². The molecular formula is C23H35NO5S. The number of amides is 1. The number of benzene rings is 1. The molecule has 0 bridgehead atoms. The quantitative estimate of drug-likeness (QED) is 0.683. The standard InChI is InChI=1S/C23H35NO5S/c1-13(2)16-11-17(14(3)4)22(18(12-16)15(5)6)30(27,28)29-21-20(25)19-9-7-8-10-24(19)23(21)26/h11-15,19-21,25H,7-10H2,1-6H3/t19-,20-,21-/m0/s1. The third-order valence-corrected chi connectivity index (χ3v) is 7.77. The first-order chi connectivity index (χ1) is 14.0. The molecule has 168 valence electrons. The smallest absolute Gasteiger partial charge is 0.298 e. The third-order valence-electron chi connectivity index (χ3n) is 6.34. The van der Waals surface area contributed by atoms with Crippen LogP contribution in [0.25, 0.3) is 0 Å². The van der Waals surface area contributed by atoms with Crippen LogP contribution in [0, 0.1) is 0 Å². The summed E-state index contributed by atoms with van der Waals surface area (Å²) in [6.07, 6.45) is -0.0587. The molecule has 6 nitrogen and oxygen atoms in total. The van der Waals surface area contributed by atoms with Gasteiger partial charge in [0, 0.05) is 6.54 Å². The zero-order chi connectivity index (χ0) is 22.4. The fourth-order valence-corrected chi connectivity index (χ4v) is 6.29. The Hall–Kier alpha value is -1.44. The normalized spacial score (nSPS) is 24.9. The summed E-state index contributed by atoms with van der Waals surface area (Å²) in [4.78, 5) is 14.6. The first-order valence-electron chi connectivity index (χ1n) is 11.0. The fraction of sp³-hybridized carbons (Fsp3) is 0.696. The Morgan fingerprint density at radius 1 is 1.00 bits per heavy atom. The first-order valence-corrected chi connectivity index (χ1v) is 12.5. The van der Waals surface area contributed by atoms with Gasteiger partial charge in [0.1, 0.15) is 11.0 Å². The Kier molecular flexibility index (Phi) is 6.65. The topological polar surface area (TPSA) is 83.9 Å². The molecule has 2 aliphatic heterocycles. The van der Waals surface area contributed by atoms with Crippen molar-refractivity contribution in [3.05, 3.63) is 28.8 Å². The first kappa shape index (κ1) is 23.2. The van der Waals surface area contributed by atoms with E-state index in [-0.39, 0.29) is 28.7 Å². The van der Waals surface area contributed by atoms with E-state index in [0.717, 1.165) is 18.4 Å². The van der Waals surface area contributed by atoms with Crippen LogP contribution in [0.1, 0.15) is 95.2 Å². The number of aliphatic hydroxyl groups excluding tert-OH is 1. The van der Waals surface area contributed by atoms with Crippen LogP contribution in [-0.2, 0) is 19.1 Å². The predicted octanol–water partition coefficient (Wildman–Crippen LogP) is 3.89. The summed E-state index contributed by atoms with van der Waals surface area (Å²) in [5.74, 6) is -0.242. The van der Waals surface area contributed by atoms with Crippen molar-refractivity contribution in [3.8, 4) is 0 Å². The Bertz CT molecular complexity index is 877. The van der Waals surface area contributed by atoms with E-state index in [1.165, 1.54) is 0 Å². The monoisotopic (exact) mass is 437 g/mol. The molecule has 3 rings (SSSR count). The van der Waals surface area contributed by atoms with Crippen molar-refractivity contribution in [2.24, 2.45) is 0 Å². The molecule has 0 spiro atoms. The molecule has 0 saturated carbocycles. The average Bonchev–Trinajstić information content (AvgIpc) is 2.91. The lowest BCUT2D eigenvalue weighted by Crippen LogP contribution is -2.40. The molecule has 1 aromatic rings. The van der Waals surface area contributed by atoms with Crippen molar-refractivity contribution in [2.75, 3.05) is 6.54 Å². The molecular weight excluding hydrogens is 402 g/mol. The molecule has 3 atom stereocenters. The molecule has 7 heteroatoms. The largest absolute Gasteiger partial charge is 0.388 e. The van der Waals surface area contributed by atoms with Gasteiger partial charge < -0.3 is 10.0 Å². The number of piperidine rings is 1. The van der Waals surface area contributed by atoms with Crippen molar-refractivity contribution in [1.82, 2.24) is 4.90 Å². The maximum absolute atomic E-state index is 13.5. The second-order valence-corrected chi connectivity index (χ2v) is 11.1. The maximum atomic E-state index is 13.5. The van der Waals surface area contributed by atoms with E-state index >= 15 is 0 Å². The molecule has 2 aliphatic rings. The second-order valence-electron chi connectivity index (χ2n) is 9.55. The number of aliphatic hydroxyl groups is 1. The summed E-state index contributed by atoms with van der Waals surface area (Å²) in [5, 5.41) is 10.7. The number of carbonyl (C=O) groups is 1. The summed E-state index contributed by atoms with van der Waals surface area (Å²) >= 11 is 0. The minimum Gasteiger partial charge on any atom is -0.388 e. The predicted molar refractivity (Wildman–Crippen MR) is 116 cm³/mol. The zero-order valence-corrected chi connectivity index (χ0v) is 19.7. The lowest BCUT2D eigenvalue weighted by atomic mass is 9.89. The van der Waals surface area contributed by atoms with Crippen LogP contribution in [0.5, 0.6) is 0 Å². The number of nitrogens with zero attached hydrogens (tertiary/aromatic N) is 1. The molecule has 1 amide bonds. The summed E-state index contributed by atoms with van der Waals surface area (Å²) in [6.45, 7) is 12.5. The van der Waals surface area contributed by atoms with Gasteiger partial charge in [-0.15, -0.1) is 0 Å². The molecule has 2 fully saturated rings. The summed E-state index contributed by atoms with van der Waals surface area (Å²) in [6, 6.07) is 3.52. The molecule has 0 unspecified atom stereocenters.